The van der Waals surface area contributed by atoms with E-state index in [1.165, 1.54) is 0 Å². The molecule has 0 radical (unpaired) electrons. The highest BCUT2D eigenvalue weighted by Crippen LogP contribution is 2.21. The van der Waals surface area contributed by atoms with Crippen molar-refractivity contribution in [3.8, 4) is 0 Å². The molecular weight excluding hydrogens is 200 g/mol. The van der Waals surface area contributed by atoms with E-state index in [2.05, 4.69) is 37.6 Å². The lowest BCUT2D eigenvalue weighted by Crippen LogP contribution is -2.34. The van der Waals surface area contributed by atoms with Crippen LogP contribution in [0, 0.1) is 5.92 Å². The lowest BCUT2D eigenvalue weighted by Gasteiger charge is -2.29. The zero-order chi connectivity index (χ0) is 12.3. The number of anilines is 3. The highest BCUT2D eigenvalue weighted by atomic mass is 15.2. The molecule has 1 heterocycles. The van der Waals surface area contributed by atoms with Gasteiger partial charge in [-0.2, -0.15) is 0 Å². The molecule has 0 saturated heterocycles. The predicted octanol–water partition coefficient (Wildman–Crippen LogP) is 2.12. The molecule has 0 amide bonds. The SMILES string of the molecule is CC(C)CN(c1ccc(N)c(N)n1)C(C)C. The average Bonchev–Trinajstić information content (AvgIpc) is 2.18. The van der Waals surface area contributed by atoms with E-state index in [0.29, 0.717) is 23.5 Å². The summed E-state index contributed by atoms with van der Waals surface area (Å²) >= 11 is 0. The summed E-state index contributed by atoms with van der Waals surface area (Å²) in [6.45, 7) is 9.65. The average molecular weight is 222 g/mol. The zero-order valence-corrected chi connectivity index (χ0v) is 10.6. The molecule has 0 saturated carbocycles. The van der Waals surface area contributed by atoms with Crippen LogP contribution in [0.1, 0.15) is 27.7 Å². The van der Waals surface area contributed by atoms with Crippen molar-refractivity contribution in [2.45, 2.75) is 33.7 Å². The van der Waals surface area contributed by atoms with Crippen molar-refractivity contribution in [2.24, 2.45) is 5.92 Å². The first-order chi connectivity index (χ1) is 7.41. The first kappa shape index (κ1) is 12.6. The Morgan fingerprint density at radius 3 is 2.25 bits per heavy atom. The fourth-order valence-electron chi connectivity index (χ4n) is 1.60. The van der Waals surface area contributed by atoms with Crippen LogP contribution in [0.15, 0.2) is 12.1 Å². The highest BCUT2D eigenvalue weighted by Gasteiger charge is 2.14. The minimum absolute atomic E-state index is 0.401. The largest absolute Gasteiger partial charge is 0.396 e. The molecule has 4 nitrogen and oxygen atoms in total. The smallest absolute Gasteiger partial charge is 0.149 e. The second-order valence-electron chi connectivity index (χ2n) is 4.78. The molecule has 0 atom stereocenters. The lowest BCUT2D eigenvalue weighted by atomic mass is 10.1. The summed E-state index contributed by atoms with van der Waals surface area (Å²) in [5.41, 5.74) is 11.9. The van der Waals surface area contributed by atoms with E-state index in [0.717, 1.165) is 12.4 Å². The zero-order valence-electron chi connectivity index (χ0n) is 10.6. The van der Waals surface area contributed by atoms with E-state index in [4.69, 9.17) is 11.5 Å². The Morgan fingerprint density at radius 2 is 1.81 bits per heavy atom. The minimum atomic E-state index is 0.401. The lowest BCUT2D eigenvalue weighted by molar-refractivity contribution is 0.566. The number of nitrogens with zero attached hydrogens (tertiary/aromatic N) is 2. The molecule has 0 aliphatic heterocycles. The summed E-state index contributed by atoms with van der Waals surface area (Å²) in [6.07, 6.45) is 0. The van der Waals surface area contributed by atoms with Crippen LogP contribution in [-0.4, -0.2) is 17.6 Å². The van der Waals surface area contributed by atoms with Gasteiger partial charge < -0.3 is 16.4 Å². The molecule has 4 heteroatoms. The van der Waals surface area contributed by atoms with Gasteiger partial charge in [0.2, 0.25) is 0 Å². The monoisotopic (exact) mass is 222 g/mol. The van der Waals surface area contributed by atoms with E-state index in [-0.39, 0.29) is 0 Å². The first-order valence-corrected chi connectivity index (χ1v) is 5.70. The molecule has 0 spiro atoms. The van der Waals surface area contributed by atoms with Gasteiger partial charge in [0.05, 0.1) is 5.69 Å². The first-order valence-electron chi connectivity index (χ1n) is 5.70. The summed E-state index contributed by atoms with van der Waals surface area (Å²) in [5.74, 6) is 1.89. The van der Waals surface area contributed by atoms with Gasteiger partial charge >= 0.3 is 0 Å². The molecule has 4 N–H and O–H groups in total. The van der Waals surface area contributed by atoms with Crippen LogP contribution in [0.4, 0.5) is 17.3 Å². The molecule has 1 aromatic rings. The number of aromatic nitrogens is 1. The van der Waals surface area contributed by atoms with Crippen LogP contribution in [-0.2, 0) is 0 Å². The van der Waals surface area contributed by atoms with Gasteiger partial charge in [-0.15, -0.1) is 0 Å². The quantitative estimate of drug-likeness (QED) is 0.818. The second-order valence-corrected chi connectivity index (χ2v) is 4.78. The number of rotatable bonds is 4. The van der Waals surface area contributed by atoms with Crippen molar-refractivity contribution in [3.05, 3.63) is 12.1 Å². The third-order valence-corrected chi connectivity index (χ3v) is 2.42. The van der Waals surface area contributed by atoms with Crippen LogP contribution in [0.25, 0.3) is 0 Å². The van der Waals surface area contributed by atoms with Gasteiger partial charge in [0.15, 0.2) is 0 Å². The summed E-state index contributed by atoms with van der Waals surface area (Å²) in [6, 6.07) is 4.14. The van der Waals surface area contributed by atoms with Crippen LogP contribution in [0.2, 0.25) is 0 Å². The van der Waals surface area contributed by atoms with E-state index in [1.54, 1.807) is 0 Å². The third kappa shape index (κ3) is 3.02. The Hall–Kier alpha value is -1.45. The minimum Gasteiger partial charge on any atom is -0.396 e. The third-order valence-electron chi connectivity index (χ3n) is 2.42. The molecule has 0 unspecified atom stereocenters. The molecular formula is C12H22N4. The Kier molecular flexibility index (Phi) is 3.99. The molecule has 1 aromatic heterocycles. The van der Waals surface area contributed by atoms with Crippen molar-refractivity contribution in [1.82, 2.24) is 4.98 Å². The van der Waals surface area contributed by atoms with Crippen LogP contribution in [0.3, 0.4) is 0 Å². The van der Waals surface area contributed by atoms with Gasteiger partial charge in [0, 0.05) is 12.6 Å². The maximum atomic E-state index is 5.73. The molecule has 0 aliphatic carbocycles. The van der Waals surface area contributed by atoms with Crippen molar-refractivity contribution >= 4 is 17.3 Å². The molecule has 16 heavy (non-hydrogen) atoms. The maximum Gasteiger partial charge on any atom is 0.149 e. The van der Waals surface area contributed by atoms with Gasteiger partial charge in [0.1, 0.15) is 11.6 Å². The summed E-state index contributed by atoms with van der Waals surface area (Å²) in [7, 11) is 0. The fraction of sp³-hybridized carbons (Fsp3) is 0.583. The van der Waals surface area contributed by atoms with Crippen molar-refractivity contribution in [3.63, 3.8) is 0 Å². The van der Waals surface area contributed by atoms with E-state index in [1.807, 2.05) is 12.1 Å². The summed E-state index contributed by atoms with van der Waals surface area (Å²) in [4.78, 5) is 6.56. The van der Waals surface area contributed by atoms with Crippen LogP contribution < -0.4 is 16.4 Å². The molecule has 0 fully saturated rings. The number of hydrogen-bond donors (Lipinski definition) is 2. The summed E-state index contributed by atoms with van der Waals surface area (Å²) < 4.78 is 0. The van der Waals surface area contributed by atoms with Crippen LogP contribution in [0.5, 0.6) is 0 Å². The van der Waals surface area contributed by atoms with Gasteiger partial charge in [-0.05, 0) is 31.9 Å². The topological polar surface area (TPSA) is 68.2 Å². The van der Waals surface area contributed by atoms with E-state index in [9.17, 15) is 0 Å². The fourth-order valence-corrected chi connectivity index (χ4v) is 1.60. The Balaban J connectivity index is 2.97. The molecule has 0 aromatic carbocycles. The van der Waals surface area contributed by atoms with Crippen molar-refractivity contribution in [2.75, 3.05) is 22.9 Å². The van der Waals surface area contributed by atoms with Gasteiger partial charge in [-0.25, -0.2) is 4.98 Å². The van der Waals surface area contributed by atoms with Crippen molar-refractivity contribution < 1.29 is 0 Å². The predicted molar refractivity (Wildman–Crippen MR) is 70.4 cm³/mol. The Bertz CT molecular complexity index is 347. The molecule has 1 rings (SSSR count). The highest BCUT2D eigenvalue weighted by molar-refractivity contribution is 5.62. The van der Waals surface area contributed by atoms with Gasteiger partial charge in [-0.3, -0.25) is 0 Å². The Morgan fingerprint density at radius 1 is 1.19 bits per heavy atom. The van der Waals surface area contributed by atoms with Crippen molar-refractivity contribution in [1.29, 1.82) is 0 Å². The normalized spacial score (nSPS) is 11.1. The van der Waals surface area contributed by atoms with E-state index >= 15 is 0 Å². The van der Waals surface area contributed by atoms with Gasteiger partial charge in [-0.1, -0.05) is 13.8 Å². The molecule has 90 valence electrons. The number of pyridine rings is 1. The number of hydrogen-bond acceptors (Lipinski definition) is 4. The standard InChI is InChI=1S/C12H22N4/c1-8(2)7-16(9(3)4)11-6-5-10(13)12(14)15-11/h5-6,8-9H,7,13H2,1-4H3,(H2,14,15). The van der Waals surface area contributed by atoms with Crippen LogP contribution >= 0.6 is 0 Å². The van der Waals surface area contributed by atoms with E-state index < -0.39 is 0 Å². The maximum absolute atomic E-state index is 5.73. The summed E-state index contributed by atoms with van der Waals surface area (Å²) in [5, 5.41) is 0. The number of nitrogen functional groups attached to an aromatic ring is 2. The molecule has 0 bridgehead atoms. The van der Waals surface area contributed by atoms with Gasteiger partial charge in [0.25, 0.3) is 0 Å². The second kappa shape index (κ2) is 5.05. The molecule has 0 aliphatic rings. The Labute approximate surface area is 97.6 Å². The number of nitrogens with two attached hydrogens (primary N) is 2.